The molecule has 3 rings (SSSR count). The molecule has 0 bridgehead atoms. The van der Waals surface area contributed by atoms with Crippen molar-refractivity contribution in [3.8, 4) is 0 Å². The van der Waals surface area contributed by atoms with Crippen LogP contribution in [0.4, 0.5) is 5.69 Å². The summed E-state index contributed by atoms with van der Waals surface area (Å²) in [6.07, 6.45) is 2.69. The van der Waals surface area contributed by atoms with Gasteiger partial charge in [-0.2, -0.15) is 0 Å². The summed E-state index contributed by atoms with van der Waals surface area (Å²) in [5.74, 6) is 0.243. The van der Waals surface area contributed by atoms with Crippen LogP contribution in [0.5, 0.6) is 0 Å². The Balaban J connectivity index is 1.77. The minimum absolute atomic E-state index is 0.0846. The number of likely N-dealkylation sites (tertiary alicyclic amines) is 1. The summed E-state index contributed by atoms with van der Waals surface area (Å²) in [7, 11) is 0. The van der Waals surface area contributed by atoms with E-state index in [4.69, 9.17) is 0 Å². The molecule has 0 radical (unpaired) electrons. The Kier molecular flexibility index (Phi) is 4.41. The smallest absolute Gasteiger partial charge is 0.232 e. The fourth-order valence-electron chi connectivity index (χ4n) is 3.94. The largest absolute Gasteiger partial charge is 0.341 e. The molecule has 1 fully saturated rings. The molecule has 0 aliphatic carbocycles. The van der Waals surface area contributed by atoms with E-state index in [0.717, 1.165) is 31.5 Å². The molecule has 0 spiro atoms. The van der Waals surface area contributed by atoms with E-state index in [1.807, 2.05) is 48.8 Å². The number of piperidine rings is 1. The molecule has 2 aliphatic rings. The van der Waals surface area contributed by atoms with Crippen molar-refractivity contribution in [3.63, 3.8) is 0 Å². The molecule has 4 nitrogen and oxygen atoms in total. The van der Waals surface area contributed by atoms with Gasteiger partial charge in [0.05, 0.1) is 5.92 Å². The highest BCUT2D eigenvalue weighted by Gasteiger charge is 2.38. The molecule has 2 amide bonds. The maximum atomic E-state index is 13.2. The van der Waals surface area contributed by atoms with Crippen molar-refractivity contribution in [1.82, 2.24) is 4.90 Å². The lowest BCUT2D eigenvalue weighted by Crippen LogP contribution is -2.50. The third-order valence-corrected chi connectivity index (χ3v) is 5.14. The number of carbonyl (C=O) groups is 2. The van der Waals surface area contributed by atoms with Gasteiger partial charge in [-0.25, -0.2) is 0 Å². The Morgan fingerprint density at radius 3 is 2.58 bits per heavy atom. The summed E-state index contributed by atoms with van der Waals surface area (Å²) < 4.78 is 0. The second kappa shape index (κ2) is 6.23. The zero-order chi connectivity index (χ0) is 17.5. The van der Waals surface area contributed by atoms with Crippen LogP contribution in [0.3, 0.4) is 0 Å². The molecule has 2 heterocycles. The third kappa shape index (κ3) is 3.06. The zero-order valence-corrected chi connectivity index (χ0v) is 15.2. The van der Waals surface area contributed by atoms with Crippen molar-refractivity contribution in [2.24, 2.45) is 11.3 Å². The molecule has 1 aromatic carbocycles. The molecular weight excluding hydrogens is 300 g/mol. The molecule has 0 unspecified atom stereocenters. The predicted octanol–water partition coefficient (Wildman–Crippen LogP) is 3.25. The number of benzene rings is 1. The molecule has 0 aromatic heterocycles. The quantitative estimate of drug-likeness (QED) is 0.794. The van der Waals surface area contributed by atoms with E-state index in [0.29, 0.717) is 6.54 Å². The summed E-state index contributed by atoms with van der Waals surface area (Å²) in [5, 5.41) is 0. The maximum Gasteiger partial charge on any atom is 0.232 e. The Morgan fingerprint density at radius 1 is 1.17 bits per heavy atom. The van der Waals surface area contributed by atoms with Crippen molar-refractivity contribution in [2.45, 2.75) is 53.0 Å². The van der Waals surface area contributed by atoms with E-state index in [9.17, 15) is 9.59 Å². The fourth-order valence-corrected chi connectivity index (χ4v) is 3.94. The van der Waals surface area contributed by atoms with Crippen LogP contribution >= 0.6 is 0 Å². The van der Waals surface area contributed by atoms with Gasteiger partial charge in [0.1, 0.15) is 0 Å². The van der Waals surface area contributed by atoms with Crippen molar-refractivity contribution >= 4 is 17.5 Å². The highest BCUT2D eigenvalue weighted by atomic mass is 16.2. The Morgan fingerprint density at radius 2 is 1.88 bits per heavy atom. The lowest BCUT2D eigenvalue weighted by molar-refractivity contribution is -0.142. The maximum absolute atomic E-state index is 13.2. The number of nitrogens with zero attached hydrogens (tertiary/aromatic N) is 2. The van der Waals surface area contributed by atoms with Crippen LogP contribution < -0.4 is 4.90 Å². The second-order valence-corrected chi connectivity index (χ2v) is 8.23. The third-order valence-electron chi connectivity index (χ3n) is 5.14. The van der Waals surface area contributed by atoms with E-state index in [2.05, 4.69) is 13.0 Å². The summed E-state index contributed by atoms with van der Waals surface area (Å²) in [6.45, 7) is 9.27. The molecule has 24 heavy (non-hydrogen) atoms. The molecular formula is C20H28N2O2. The van der Waals surface area contributed by atoms with Gasteiger partial charge < -0.3 is 9.80 Å². The van der Waals surface area contributed by atoms with Crippen LogP contribution in [0.15, 0.2) is 24.3 Å². The number of amides is 2. The first-order chi connectivity index (χ1) is 11.3. The number of hydrogen-bond acceptors (Lipinski definition) is 2. The minimum atomic E-state index is -0.390. The number of carbonyl (C=O) groups excluding carboxylic acids is 2. The molecule has 1 aromatic rings. The predicted molar refractivity (Wildman–Crippen MR) is 95.9 cm³/mol. The van der Waals surface area contributed by atoms with Crippen LogP contribution in [0, 0.1) is 11.3 Å². The molecule has 1 saturated heterocycles. The fraction of sp³-hybridized carbons (Fsp3) is 0.600. The van der Waals surface area contributed by atoms with Gasteiger partial charge in [0.2, 0.25) is 11.8 Å². The van der Waals surface area contributed by atoms with Gasteiger partial charge in [0.25, 0.3) is 0 Å². The van der Waals surface area contributed by atoms with Crippen molar-refractivity contribution in [2.75, 3.05) is 18.0 Å². The summed E-state index contributed by atoms with van der Waals surface area (Å²) in [5.41, 5.74) is 1.91. The zero-order valence-electron chi connectivity index (χ0n) is 15.2. The van der Waals surface area contributed by atoms with E-state index in [-0.39, 0.29) is 23.8 Å². The van der Waals surface area contributed by atoms with Gasteiger partial charge in [-0.05, 0) is 37.8 Å². The average molecular weight is 328 g/mol. The van der Waals surface area contributed by atoms with Crippen LogP contribution in [-0.2, 0) is 16.0 Å². The van der Waals surface area contributed by atoms with Gasteiger partial charge in [0.15, 0.2) is 0 Å². The van der Waals surface area contributed by atoms with Crippen LogP contribution in [0.25, 0.3) is 0 Å². The van der Waals surface area contributed by atoms with Crippen LogP contribution in [0.1, 0.15) is 46.1 Å². The van der Waals surface area contributed by atoms with E-state index < -0.39 is 5.41 Å². The van der Waals surface area contributed by atoms with Crippen LogP contribution in [0.2, 0.25) is 0 Å². The number of rotatable bonds is 1. The molecule has 130 valence electrons. The first kappa shape index (κ1) is 17.0. The molecule has 2 aliphatic heterocycles. The van der Waals surface area contributed by atoms with Crippen LogP contribution in [-0.4, -0.2) is 35.8 Å². The minimum Gasteiger partial charge on any atom is -0.341 e. The van der Waals surface area contributed by atoms with Crippen molar-refractivity contribution in [3.05, 3.63) is 29.8 Å². The van der Waals surface area contributed by atoms with Gasteiger partial charge in [-0.15, -0.1) is 0 Å². The summed E-state index contributed by atoms with van der Waals surface area (Å²) >= 11 is 0. The van der Waals surface area contributed by atoms with Crippen molar-refractivity contribution in [1.29, 1.82) is 0 Å². The van der Waals surface area contributed by atoms with Gasteiger partial charge in [-0.3, -0.25) is 9.59 Å². The Hall–Kier alpha value is -1.84. The molecule has 0 saturated carbocycles. The van der Waals surface area contributed by atoms with E-state index in [1.54, 1.807) is 0 Å². The SMILES string of the molecule is C[C@H]1Cc2ccccc2N1C(=O)[C@@H]1CCCN(C(=O)C(C)(C)C)C1. The summed E-state index contributed by atoms with van der Waals surface area (Å²) in [6, 6.07) is 8.37. The Labute approximate surface area is 144 Å². The first-order valence-corrected chi connectivity index (χ1v) is 8.99. The van der Waals surface area contributed by atoms with Gasteiger partial charge in [0, 0.05) is 30.2 Å². The summed E-state index contributed by atoms with van der Waals surface area (Å²) in [4.78, 5) is 29.6. The second-order valence-electron chi connectivity index (χ2n) is 8.23. The normalized spacial score (nSPS) is 24.0. The van der Waals surface area contributed by atoms with Gasteiger partial charge in [-0.1, -0.05) is 39.0 Å². The number of para-hydroxylation sites is 1. The lowest BCUT2D eigenvalue weighted by atomic mass is 9.90. The van der Waals surface area contributed by atoms with Crippen molar-refractivity contribution < 1.29 is 9.59 Å². The van der Waals surface area contributed by atoms with E-state index >= 15 is 0 Å². The van der Waals surface area contributed by atoms with Gasteiger partial charge >= 0.3 is 0 Å². The number of anilines is 1. The first-order valence-electron chi connectivity index (χ1n) is 8.99. The number of hydrogen-bond donors (Lipinski definition) is 0. The monoisotopic (exact) mass is 328 g/mol. The average Bonchev–Trinajstić information content (AvgIpc) is 2.88. The molecule has 4 heteroatoms. The topological polar surface area (TPSA) is 40.6 Å². The molecule has 0 N–H and O–H groups in total. The Bertz CT molecular complexity index is 647. The standard InChI is InChI=1S/C20H28N2O2/c1-14-12-15-8-5-6-10-17(15)22(14)18(23)16-9-7-11-21(13-16)19(24)20(2,3)4/h5-6,8,10,14,16H,7,9,11-13H2,1-4H3/t14-,16+/m0/s1. The lowest BCUT2D eigenvalue weighted by Gasteiger charge is -2.37. The highest BCUT2D eigenvalue weighted by molar-refractivity contribution is 5.98. The highest BCUT2D eigenvalue weighted by Crippen LogP contribution is 2.34. The number of fused-ring (bicyclic) bond motifs is 1. The molecule has 2 atom stereocenters. The van der Waals surface area contributed by atoms with E-state index in [1.165, 1.54) is 5.56 Å².